The van der Waals surface area contributed by atoms with Crippen molar-refractivity contribution in [1.82, 2.24) is 0 Å². The largest absolute Gasteiger partial charge is 0.0654 e. The predicted molar refractivity (Wildman–Crippen MR) is 61.9 cm³/mol. The van der Waals surface area contributed by atoms with E-state index in [1.165, 1.54) is 32.1 Å². The highest BCUT2D eigenvalue weighted by atomic mass is 14.2. The molecular formula is C13H28. The van der Waals surface area contributed by atoms with Gasteiger partial charge in [-0.1, -0.05) is 66.7 Å². The van der Waals surface area contributed by atoms with E-state index in [0.717, 1.165) is 17.8 Å². The molecule has 0 nitrogen and oxygen atoms in total. The maximum atomic E-state index is 2.43. The van der Waals surface area contributed by atoms with E-state index in [1.54, 1.807) is 0 Å². The Kier molecular flexibility index (Phi) is 7.41. The highest BCUT2D eigenvalue weighted by molar-refractivity contribution is 4.67. The first kappa shape index (κ1) is 13.0. The van der Waals surface area contributed by atoms with Crippen LogP contribution in [0.4, 0.5) is 0 Å². The van der Waals surface area contributed by atoms with Gasteiger partial charge in [0.25, 0.3) is 0 Å². The van der Waals surface area contributed by atoms with E-state index in [1.807, 2.05) is 0 Å². The summed E-state index contributed by atoms with van der Waals surface area (Å²) in [5.41, 5.74) is 0. The number of rotatable bonds is 7. The van der Waals surface area contributed by atoms with Gasteiger partial charge in [0.1, 0.15) is 0 Å². The van der Waals surface area contributed by atoms with Crippen LogP contribution < -0.4 is 0 Å². The molecule has 80 valence electrons. The molecule has 1 unspecified atom stereocenters. The monoisotopic (exact) mass is 184 g/mol. The zero-order valence-electron chi connectivity index (χ0n) is 10.3. The molecule has 0 aromatic carbocycles. The van der Waals surface area contributed by atoms with E-state index in [-0.39, 0.29) is 0 Å². The summed E-state index contributed by atoms with van der Waals surface area (Å²) < 4.78 is 0. The molecule has 0 heterocycles. The topological polar surface area (TPSA) is 0 Å². The molecule has 0 fully saturated rings. The molecule has 0 aromatic heterocycles. The lowest BCUT2D eigenvalue weighted by molar-refractivity contribution is 0.249. The second-order valence-corrected chi connectivity index (χ2v) is 4.74. The van der Waals surface area contributed by atoms with Gasteiger partial charge >= 0.3 is 0 Å². The Hall–Kier alpha value is 0. The van der Waals surface area contributed by atoms with Crippen LogP contribution in [0.1, 0.15) is 66.7 Å². The van der Waals surface area contributed by atoms with Gasteiger partial charge in [0.05, 0.1) is 0 Å². The smallest absolute Gasteiger partial charge is 0.0391 e. The summed E-state index contributed by atoms with van der Waals surface area (Å²) >= 11 is 0. The van der Waals surface area contributed by atoms with E-state index in [0.29, 0.717) is 0 Å². The van der Waals surface area contributed by atoms with E-state index in [9.17, 15) is 0 Å². The average Bonchev–Trinajstić information content (AvgIpc) is 2.13. The molecule has 0 heteroatoms. The van der Waals surface area contributed by atoms with Gasteiger partial charge in [-0.25, -0.2) is 0 Å². The fourth-order valence-electron chi connectivity index (χ4n) is 2.07. The van der Waals surface area contributed by atoms with Crippen LogP contribution in [0.25, 0.3) is 0 Å². The highest BCUT2D eigenvalue weighted by Gasteiger charge is 2.17. The highest BCUT2D eigenvalue weighted by Crippen LogP contribution is 2.27. The Bertz CT molecular complexity index is 107. The number of unbranched alkanes of at least 4 members (excludes halogenated alkanes) is 1. The molecular weight excluding hydrogens is 156 g/mol. The molecule has 0 amide bonds. The van der Waals surface area contributed by atoms with Gasteiger partial charge < -0.3 is 0 Å². The van der Waals surface area contributed by atoms with Crippen molar-refractivity contribution in [3.63, 3.8) is 0 Å². The maximum absolute atomic E-state index is 2.43. The van der Waals surface area contributed by atoms with Gasteiger partial charge in [0.15, 0.2) is 0 Å². The Balaban J connectivity index is 3.71. The molecule has 0 radical (unpaired) electrons. The van der Waals surface area contributed by atoms with Gasteiger partial charge in [-0.2, -0.15) is 0 Å². The summed E-state index contributed by atoms with van der Waals surface area (Å²) in [6.07, 6.45) is 6.92. The van der Waals surface area contributed by atoms with Crippen LogP contribution in [0.3, 0.4) is 0 Å². The number of hydrogen-bond donors (Lipinski definition) is 0. The molecule has 0 aromatic rings. The SMILES string of the molecule is CCCC[C@H](C)C(C)[C@H](C)CCC. The van der Waals surface area contributed by atoms with Crippen LogP contribution >= 0.6 is 0 Å². The molecule has 0 spiro atoms. The van der Waals surface area contributed by atoms with Crippen molar-refractivity contribution < 1.29 is 0 Å². The van der Waals surface area contributed by atoms with Crippen LogP contribution in [0.2, 0.25) is 0 Å². The molecule has 0 aliphatic carbocycles. The molecule has 0 N–H and O–H groups in total. The maximum Gasteiger partial charge on any atom is -0.0391 e. The quantitative estimate of drug-likeness (QED) is 0.528. The average molecular weight is 184 g/mol. The first-order valence-electron chi connectivity index (χ1n) is 6.13. The minimum Gasteiger partial charge on any atom is -0.0654 e. The van der Waals surface area contributed by atoms with Gasteiger partial charge in [-0.15, -0.1) is 0 Å². The second-order valence-electron chi connectivity index (χ2n) is 4.74. The predicted octanol–water partition coefficient (Wildman–Crippen LogP) is 4.89. The summed E-state index contributed by atoms with van der Waals surface area (Å²) in [5.74, 6) is 2.74. The van der Waals surface area contributed by atoms with E-state index < -0.39 is 0 Å². The number of hydrogen-bond acceptors (Lipinski definition) is 0. The molecule has 0 saturated heterocycles. The van der Waals surface area contributed by atoms with Crippen molar-refractivity contribution in [2.45, 2.75) is 66.7 Å². The van der Waals surface area contributed by atoms with E-state index in [4.69, 9.17) is 0 Å². The third-order valence-electron chi connectivity index (χ3n) is 3.55. The normalized spacial score (nSPS) is 18.2. The van der Waals surface area contributed by atoms with Crippen molar-refractivity contribution in [3.05, 3.63) is 0 Å². The molecule has 0 aliphatic heterocycles. The standard InChI is InChI=1S/C13H28/c1-6-8-10-12(4)13(5)11(3)9-7-2/h11-13H,6-10H2,1-5H3/t11-,12+,13?/m1/s1. The Morgan fingerprint density at radius 1 is 0.769 bits per heavy atom. The van der Waals surface area contributed by atoms with Gasteiger partial charge in [-0.05, 0) is 17.8 Å². The van der Waals surface area contributed by atoms with Crippen molar-refractivity contribution in [2.24, 2.45) is 17.8 Å². The summed E-state index contributed by atoms with van der Waals surface area (Å²) in [7, 11) is 0. The minimum atomic E-state index is 0.909. The first-order valence-corrected chi connectivity index (χ1v) is 6.13. The fourth-order valence-corrected chi connectivity index (χ4v) is 2.07. The zero-order valence-corrected chi connectivity index (χ0v) is 10.3. The van der Waals surface area contributed by atoms with Gasteiger partial charge in [0.2, 0.25) is 0 Å². The summed E-state index contributed by atoms with van der Waals surface area (Å²) in [6, 6.07) is 0. The van der Waals surface area contributed by atoms with Crippen molar-refractivity contribution >= 4 is 0 Å². The fraction of sp³-hybridized carbons (Fsp3) is 1.00. The minimum absolute atomic E-state index is 0.909. The van der Waals surface area contributed by atoms with E-state index >= 15 is 0 Å². The van der Waals surface area contributed by atoms with Crippen LogP contribution in [0, 0.1) is 17.8 Å². The second kappa shape index (κ2) is 7.41. The Morgan fingerprint density at radius 3 is 1.77 bits per heavy atom. The van der Waals surface area contributed by atoms with Crippen molar-refractivity contribution in [2.75, 3.05) is 0 Å². The Labute approximate surface area is 85.1 Å². The first-order chi connectivity index (χ1) is 6.13. The molecule has 0 saturated carbocycles. The van der Waals surface area contributed by atoms with Crippen molar-refractivity contribution in [1.29, 1.82) is 0 Å². The lowest BCUT2D eigenvalue weighted by atomic mass is 9.80. The lowest BCUT2D eigenvalue weighted by Gasteiger charge is -2.25. The molecule has 0 bridgehead atoms. The molecule has 0 rings (SSSR count). The third kappa shape index (κ3) is 5.33. The lowest BCUT2D eigenvalue weighted by Crippen LogP contribution is -2.16. The summed E-state index contributed by atoms with van der Waals surface area (Å²) in [6.45, 7) is 11.8. The Morgan fingerprint density at radius 2 is 1.31 bits per heavy atom. The molecule has 3 atom stereocenters. The van der Waals surface area contributed by atoms with Crippen LogP contribution in [0.15, 0.2) is 0 Å². The van der Waals surface area contributed by atoms with Crippen LogP contribution in [0.5, 0.6) is 0 Å². The summed E-state index contributed by atoms with van der Waals surface area (Å²) in [5, 5.41) is 0. The van der Waals surface area contributed by atoms with Crippen LogP contribution in [-0.4, -0.2) is 0 Å². The van der Waals surface area contributed by atoms with Gasteiger partial charge in [0, 0.05) is 0 Å². The van der Waals surface area contributed by atoms with Gasteiger partial charge in [-0.3, -0.25) is 0 Å². The van der Waals surface area contributed by atoms with E-state index in [2.05, 4.69) is 34.6 Å². The molecule has 0 aliphatic rings. The van der Waals surface area contributed by atoms with Crippen LogP contribution in [-0.2, 0) is 0 Å². The third-order valence-corrected chi connectivity index (χ3v) is 3.55. The summed E-state index contributed by atoms with van der Waals surface area (Å²) in [4.78, 5) is 0. The van der Waals surface area contributed by atoms with Crippen molar-refractivity contribution in [3.8, 4) is 0 Å². The molecule has 13 heavy (non-hydrogen) atoms. The zero-order chi connectivity index (χ0) is 10.3.